The summed E-state index contributed by atoms with van der Waals surface area (Å²) in [5.41, 5.74) is -5.29. The van der Waals surface area contributed by atoms with Gasteiger partial charge >= 0.3 is 88.0 Å². The summed E-state index contributed by atoms with van der Waals surface area (Å²) in [4.78, 5) is 0. The Hall–Kier alpha value is -0.770. The van der Waals surface area contributed by atoms with Gasteiger partial charge in [0, 0.05) is 0 Å². The van der Waals surface area contributed by atoms with Crippen molar-refractivity contribution >= 4 is 13.2 Å². The van der Waals surface area contributed by atoms with E-state index in [0.717, 1.165) is 24.3 Å². The van der Waals surface area contributed by atoms with Gasteiger partial charge in [0.15, 0.2) is 0 Å². The van der Waals surface area contributed by atoms with E-state index in [2.05, 4.69) is 0 Å². The molecule has 92 valence electrons. The van der Waals surface area contributed by atoms with Crippen LogP contribution in [0.3, 0.4) is 0 Å². The van der Waals surface area contributed by atoms with Crippen LogP contribution >= 0.6 is 7.88 Å². The van der Waals surface area contributed by atoms with Crippen molar-refractivity contribution in [1.29, 1.82) is 0 Å². The standard InChI is InChI=1S/C9H9F6P/c1-8(10,11)9(12,13)16(14,15)7-5-3-2-4-6-7/h2-6,16H,1H3. The number of hydrogen-bond donors (Lipinski definition) is 0. The summed E-state index contributed by atoms with van der Waals surface area (Å²) in [5, 5.41) is -0.999. The first-order chi connectivity index (χ1) is 7.11. The quantitative estimate of drug-likeness (QED) is 0.568. The van der Waals surface area contributed by atoms with Crippen molar-refractivity contribution in [3.63, 3.8) is 0 Å². The Labute approximate surface area is 88.8 Å². The fourth-order valence-corrected chi connectivity index (χ4v) is 2.63. The Morgan fingerprint density at radius 1 is 0.938 bits per heavy atom. The van der Waals surface area contributed by atoms with Gasteiger partial charge in [-0.2, -0.15) is 0 Å². The van der Waals surface area contributed by atoms with Crippen LogP contribution in [0.4, 0.5) is 26.0 Å². The van der Waals surface area contributed by atoms with Crippen molar-refractivity contribution in [2.75, 3.05) is 0 Å². The fourth-order valence-electron chi connectivity index (χ4n) is 1.10. The van der Waals surface area contributed by atoms with E-state index < -0.39 is 24.8 Å². The molecule has 1 aromatic rings. The van der Waals surface area contributed by atoms with E-state index in [1.165, 1.54) is 6.07 Å². The molecule has 0 bridgehead atoms. The van der Waals surface area contributed by atoms with Gasteiger partial charge in [-0.1, -0.05) is 0 Å². The third-order valence-electron chi connectivity index (χ3n) is 2.08. The predicted molar refractivity (Wildman–Crippen MR) is 52.2 cm³/mol. The normalized spacial score (nSPS) is 14.9. The zero-order chi connectivity index (χ0) is 12.6. The molecule has 0 radical (unpaired) electrons. The molecule has 0 aliphatic heterocycles. The molecule has 16 heavy (non-hydrogen) atoms. The molecule has 0 saturated heterocycles. The first-order valence-corrected chi connectivity index (χ1v) is 6.05. The van der Waals surface area contributed by atoms with Crippen LogP contribution in [-0.4, -0.2) is 11.6 Å². The maximum atomic E-state index is 13.3. The molecule has 0 aliphatic rings. The van der Waals surface area contributed by atoms with Gasteiger partial charge in [-0.15, -0.1) is 0 Å². The van der Waals surface area contributed by atoms with E-state index >= 15 is 0 Å². The molecule has 0 N–H and O–H groups in total. The summed E-state index contributed by atoms with van der Waals surface area (Å²) in [6, 6.07) is 5.05. The van der Waals surface area contributed by atoms with Crippen LogP contribution in [0, 0.1) is 0 Å². The van der Waals surface area contributed by atoms with Crippen LogP contribution in [0.1, 0.15) is 6.92 Å². The van der Waals surface area contributed by atoms with Gasteiger partial charge in [0.2, 0.25) is 0 Å². The molecule has 7 heteroatoms. The molecule has 0 unspecified atom stereocenters. The van der Waals surface area contributed by atoms with Crippen molar-refractivity contribution < 1.29 is 26.0 Å². The van der Waals surface area contributed by atoms with Crippen molar-refractivity contribution in [2.24, 2.45) is 0 Å². The second kappa shape index (κ2) is 3.91. The number of benzene rings is 1. The molecule has 0 amide bonds. The Bertz CT molecular complexity index is 356. The van der Waals surface area contributed by atoms with Crippen molar-refractivity contribution in [2.45, 2.75) is 18.5 Å². The van der Waals surface area contributed by atoms with Crippen molar-refractivity contribution in [1.82, 2.24) is 0 Å². The molecule has 0 fully saturated rings. The number of alkyl halides is 4. The average Bonchev–Trinajstić information content (AvgIpc) is 2.17. The fraction of sp³-hybridized carbons (Fsp3) is 0.333. The van der Waals surface area contributed by atoms with Gasteiger partial charge in [0.25, 0.3) is 0 Å². The van der Waals surface area contributed by atoms with E-state index in [-0.39, 0.29) is 6.92 Å². The number of hydrogen-bond acceptors (Lipinski definition) is 0. The van der Waals surface area contributed by atoms with Crippen LogP contribution in [0.15, 0.2) is 30.3 Å². The maximum absolute atomic E-state index is 13.3. The third-order valence-corrected chi connectivity index (χ3v) is 4.37. The monoisotopic (exact) mass is 262 g/mol. The van der Waals surface area contributed by atoms with E-state index in [0.29, 0.717) is 0 Å². The Morgan fingerprint density at radius 2 is 1.38 bits per heavy atom. The van der Waals surface area contributed by atoms with Crippen molar-refractivity contribution in [3.05, 3.63) is 30.3 Å². The van der Waals surface area contributed by atoms with Gasteiger partial charge in [-0.25, -0.2) is 0 Å². The summed E-state index contributed by atoms with van der Waals surface area (Å²) >= 11 is 0. The summed E-state index contributed by atoms with van der Waals surface area (Å²) < 4.78 is 77.6. The third kappa shape index (κ3) is 2.03. The van der Waals surface area contributed by atoms with Gasteiger partial charge in [-0.05, 0) is 0 Å². The minimum absolute atomic E-state index is 0.198. The average molecular weight is 262 g/mol. The first kappa shape index (κ1) is 13.3. The molecule has 0 aliphatic carbocycles. The van der Waals surface area contributed by atoms with Gasteiger partial charge in [0.1, 0.15) is 0 Å². The second-order valence-corrected chi connectivity index (χ2v) is 5.76. The summed E-state index contributed by atoms with van der Waals surface area (Å²) in [5.74, 6) is -4.74. The predicted octanol–water partition coefficient (Wildman–Crippen LogP) is 4.08. The van der Waals surface area contributed by atoms with Gasteiger partial charge in [0.05, 0.1) is 0 Å². The Morgan fingerprint density at radius 3 is 1.75 bits per heavy atom. The second-order valence-electron chi connectivity index (χ2n) is 3.40. The van der Waals surface area contributed by atoms with Crippen LogP contribution in [0.25, 0.3) is 0 Å². The minimum atomic E-state index is -6.53. The molecular formula is C9H9F6P. The molecular weight excluding hydrogens is 253 g/mol. The van der Waals surface area contributed by atoms with Gasteiger partial charge < -0.3 is 0 Å². The summed E-state index contributed by atoms with van der Waals surface area (Å²) in [6.45, 7) is -0.198. The molecule has 0 saturated carbocycles. The Kier molecular flexibility index (Phi) is 3.25. The van der Waals surface area contributed by atoms with Crippen LogP contribution in [-0.2, 0) is 0 Å². The SMILES string of the molecule is CC(F)(F)C(F)(F)[PH](F)(F)c1ccccc1. The molecule has 0 aromatic heterocycles. The van der Waals surface area contributed by atoms with Crippen LogP contribution in [0.2, 0.25) is 0 Å². The summed E-state index contributed by atoms with van der Waals surface area (Å²) in [7, 11) is -6.53. The number of rotatable bonds is 3. The molecule has 0 heterocycles. The van der Waals surface area contributed by atoms with E-state index in [1.807, 2.05) is 0 Å². The van der Waals surface area contributed by atoms with Crippen LogP contribution in [0.5, 0.6) is 0 Å². The topological polar surface area (TPSA) is 0 Å². The zero-order valence-electron chi connectivity index (χ0n) is 8.15. The van der Waals surface area contributed by atoms with Gasteiger partial charge in [-0.3, -0.25) is 0 Å². The Balaban J connectivity index is 3.22. The number of halogens is 6. The zero-order valence-corrected chi connectivity index (χ0v) is 9.15. The first-order valence-electron chi connectivity index (χ1n) is 4.29. The molecule has 1 aromatic carbocycles. The molecule has 0 nitrogen and oxygen atoms in total. The van der Waals surface area contributed by atoms with Crippen LogP contribution < -0.4 is 5.30 Å². The van der Waals surface area contributed by atoms with Crippen molar-refractivity contribution in [3.8, 4) is 0 Å². The molecule has 1 rings (SSSR count). The van der Waals surface area contributed by atoms with E-state index in [4.69, 9.17) is 0 Å². The molecule has 0 atom stereocenters. The summed E-state index contributed by atoms with van der Waals surface area (Å²) in [6.07, 6.45) is 0. The van der Waals surface area contributed by atoms with E-state index in [1.54, 1.807) is 0 Å². The molecule has 0 spiro atoms. The van der Waals surface area contributed by atoms with E-state index in [9.17, 15) is 26.0 Å².